The standard InChI is InChI=1S/C25H31F3O5S/c1-5-20(31)33-25(21(32)34-12-26)13(2)8-15-16-10-18(27)17-9-14(29)6-7-22(17,3)24(16,28)19(30)11-23(15,25)4/h6-7,9,13,15-16,18-19,30H,5,8,10-12H2,1-4H3/t13-,15+,16+,18+,19+,22?,23?,24+,25+/m1/s1. The van der Waals surface area contributed by atoms with E-state index >= 15 is 8.78 Å². The summed E-state index contributed by atoms with van der Waals surface area (Å²) in [6, 6.07) is -1.02. The largest absolute Gasteiger partial charge is 0.449 e. The van der Waals surface area contributed by atoms with E-state index in [1.165, 1.54) is 19.1 Å². The third-order valence-electron chi connectivity index (χ3n) is 9.22. The van der Waals surface area contributed by atoms with Crippen LogP contribution in [0.3, 0.4) is 0 Å². The van der Waals surface area contributed by atoms with Gasteiger partial charge in [-0.05, 0) is 61.6 Å². The topological polar surface area (TPSA) is 80.7 Å². The number of hydrogen-bond donors (Lipinski definition) is 1. The zero-order valence-corrected chi connectivity index (χ0v) is 20.6. The summed E-state index contributed by atoms with van der Waals surface area (Å²) in [5.41, 5.74) is -6.84. The van der Waals surface area contributed by atoms with E-state index in [4.69, 9.17) is 4.74 Å². The molecule has 2 unspecified atom stereocenters. The van der Waals surface area contributed by atoms with Gasteiger partial charge in [0, 0.05) is 29.1 Å². The molecule has 0 radical (unpaired) electrons. The molecule has 1 N–H and O–H groups in total. The molecular formula is C25H31F3O5S. The predicted octanol–water partition coefficient (Wildman–Crippen LogP) is 4.43. The number of thioether (sulfide) groups is 1. The Balaban J connectivity index is 1.87. The molecule has 0 amide bonds. The molecule has 0 bridgehead atoms. The molecule has 34 heavy (non-hydrogen) atoms. The first-order valence-corrected chi connectivity index (χ1v) is 12.7. The van der Waals surface area contributed by atoms with Gasteiger partial charge in [-0.2, -0.15) is 0 Å². The van der Waals surface area contributed by atoms with Crippen LogP contribution in [0, 0.1) is 28.6 Å². The Morgan fingerprint density at radius 2 is 1.94 bits per heavy atom. The zero-order chi connectivity index (χ0) is 25.3. The Kier molecular flexibility index (Phi) is 6.16. The average molecular weight is 501 g/mol. The molecule has 0 saturated heterocycles. The zero-order valence-electron chi connectivity index (χ0n) is 19.8. The van der Waals surface area contributed by atoms with Crippen molar-refractivity contribution in [2.75, 3.05) is 6.01 Å². The highest BCUT2D eigenvalue weighted by Crippen LogP contribution is 2.72. The third kappa shape index (κ3) is 3.01. The fourth-order valence-corrected chi connectivity index (χ4v) is 8.42. The lowest BCUT2D eigenvalue weighted by atomic mass is 9.44. The van der Waals surface area contributed by atoms with E-state index in [0.717, 1.165) is 6.08 Å². The lowest BCUT2D eigenvalue weighted by Gasteiger charge is -2.63. The molecule has 0 aromatic heterocycles. The van der Waals surface area contributed by atoms with Crippen LogP contribution in [0.4, 0.5) is 13.2 Å². The summed E-state index contributed by atoms with van der Waals surface area (Å²) in [4.78, 5) is 37.8. The molecule has 188 valence electrons. The van der Waals surface area contributed by atoms with Crippen molar-refractivity contribution in [1.82, 2.24) is 0 Å². The molecule has 4 rings (SSSR count). The fourth-order valence-electron chi connectivity index (χ4n) is 7.63. The maximum Gasteiger partial charge on any atom is 0.306 e. The molecule has 0 heterocycles. The Labute approximate surface area is 201 Å². The molecule has 5 nitrogen and oxygen atoms in total. The van der Waals surface area contributed by atoms with Gasteiger partial charge in [0.2, 0.25) is 5.12 Å². The molecular weight excluding hydrogens is 469 g/mol. The number of carbonyl (C=O) groups is 3. The normalized spacial score (nSPS) is 47.4. The molecule has 3 saturated carbocycles. The van der Waals surface area contributed by atoms with Crippen LogP contribution < -0.4 is 0 Å². The maximum absolute atomic E-state index is 17.2. The van der Waals surface area contributed by atoms with E-state index in [2.05, 4.69) is 0 Å². The molecule has 4 aliphatic carbocycles. The van der Waals surface area contributed by atoms with Gasteiger partial charge in [0.05, 0.1) is 6.10 Å². The molecule has 9 atom stereocenters. The van der Waals surface area contributed by atoms with Gasteiger partial charge >= 0.3 is 5.97 Å². The van der Waals surface area contributed by atoms with E-state index in [0.29, 0.717) is 11.8 Å². The van der Waals surface area contributed by atoms with Crippen LogP contribution in [0.15, 0.2) is 23.8 Å². The van der Waals surface area contributed by atoms with E-state index < -0.39 is 75.0 Å². The number of alkyl halides is 3. The maximum atomic E-state index is 17.2. The number of ether oxygens (including phenoxy) is 1. The van der Waals surface area contributed by atoms with Crippen molar-refractivity contribution in [1.29, 1.82) is 0 Å². The molecule has 0 spiro atoms. The van der Waals surface area contributed by atoms with Gasteiger partial charge in [-0.15, -0.1) is 0 Å². The van der Waals surface area contributed by atoms with Crippen LogP contribution in [0.5, 0.6) is 0 Å². The highest BCUT2D eigenvalue weighted by atomic mass is 32.2. The molecule has 9 heteroatoms. The van der Waals surface area contributed by atoms with Crippen LogP contribution in [0.25, 0.3) is 0 Å². The Morgan fingerprint density at radius 1 is 1.26 bits per heavy atom. The lowest BCUT2D eigenvalue weighted by Crippen LogP contribution is -2.70. The smallest absolute Gasteiger partial charge is 0.306 e. The van der Waals surface area contributed by atoms with Gasteiger partial charge < -0.3 is 9.84 Å². The van der Waals surface area contributed by atoms with Crippen molar-refractivity contribution in [3.63, 3.8) is 0 Å². The summed E-state index contributed by atoms with van der Waals surface area (Å²) in [6.07, 6.45) is 0.160. The Bertz CT molecular complexity index is 984. The minimum atomic E-state index is -2.30. The minimum Gasteiger partial charge on any atom is -0.449 e. The third-order valence-corrected chi connectivity index (χ3v) is 9.90. The van der Waals surface area contributed by atoms with Crippen molar-refractivity contribution < 1.29 is 37.4 Å². The number of esters is 1. The summed E-state index contributed by atoms with van der Waals surface area (Å²) in [5.74, 6) is -3.30. The number of rotatable bonds is 4. The number of ketones is 1. The number of aliphatic hydroxyl groups excluding tert-OH is 1. The first kappa shape index (κ1) is 25.5. The summed E-state index contributed by atoms with van der Waals surface area (Å²) in [5, 5.41) is 10.7. The van der Waals surface area contributed by atoms with E-state index in [-0.39, 0.29) is 31.3 Å². The summed E-state index contributed by atoms with van der Waals surface area (Å²) in [7, 11) is 0. The highest BCUT2D eigenvalue weighted by molar-refractivity contribution is 8.13. The molecule has 4 aliphatic rings. The second kappa shape index (κ2) is 8.22. The molecule has 0 aromatic carbocycles. The van der Waals surface area contributed by atoms with E-state index in [1.54, 1.807) is 20.8 Å². The first-order chi connectivity index (χ1) is 15.8. The van der Waals surface area contributed by atoms with Gasteiger partial charge in [-0.3, -0.25) is 14.4 Å². The Hall–Kier alpha value is -1.61. The number of hydrogen-bond acceptors (Lipinski definition) is 6. The minimum absolute atomic E-state index is 0.0141. The monoisotopic (exact) mass is 500 g/mol. The summed E-state index contributed by atoms with van der Waals surface area (Å²) in [6.45, 7) is 6.45. The average Bonchev–Trinajstić information content (AvgIpc) is 2.99. The number of allylic oxidation sites excluding steroid dienone is 4. The Morgan fingerprint density at radius 3 is 2.56 bits per heavy atom. The number of carbonyl (C=O) groups excluding carboxylic acids is 3. The van der Waals surface area contributed by atoms with Crippen LogP contribution in [-0.2, 0) is 19.1 Å². The van der Waals surface area contributed by atoms with Gasteiger partial charge in [0.15, 0.2) is 17.1 Å². The van der Waals surface area contributed by atoms with Gasteiger partial charge in [0.25, 0.3) is 0 Å². The molecule has 0 aliphatic heterocycles. The summed E-state index contributed by atoms with van der Waals surface area (Å²) >= 11 is 0.396. The molecule has 0 aromatic rings. The van der Waals surface area contributed by atoms with Crippen molar-refractivity contribution in [3.8, 4) is 0 Å². The van der Waals surface area contributed by atoms with Crippen molar-refractivity contribution in [2.24, 2.45) is 28.6 Å². The van der Waals surface area contributed by atoms with Gasteiger partial charge in [0.1, 0.15) is 12.2 Å². The second-order valence-electron chi connectivity index (χ2n) is 10.6. The SMILES string of the molecule is CCC(=O)O[C@]1(C(=O)SCF)[C@H](C)C[C@H]2[C@@H]3C[C@H](F)C4=CC(=O)C=CC4(C)[C@@]3(F)[C@@H](O)CC21C. The fraction of sp³-hybridized carbons (Fsp3) is 0.720. The first-order valence-electron chi connectivity index (χ1n) is 11.7. The summed E-state index contributed by atoms with van der Waals surface area (Å²) < 4.78 is 51.8. The van der Waals surface area contributed by atoms with Crippen molar-refractivity contribution >= 4 is 28.6 Å². The van der Waals surface area contributed by atoms with E-state index in [1.807, 2.05) is 0 Å². The molecule has 3 fully saturated rings. The quantitative estimate of drug-likeness (QED) is 0.576. The number of halogens is 3. The van der Waals surface area contributed by atoms with Crippen LogP contribution in [-0.4, -0.2) is 51.5 Å². The second-order valence-corrected chi connectivity index (χ2v) is 11.5. The van der Waals surface area contributed by atoms with Gasteiger partial charge in [-0.1, -0.05) is 26.8 Å². The van der Waals surface area contributed by atoms with Crippen molar-refractivity contribution in [2.45, 2.75) is 76.9 Å². The van der Waals surface area contributed by atoms with E-state index in [9.17, 15) is 23.9 Å². The number of fused-ring (bicyclic) bond motifs is 5. The predicted molar refractivity (Wildman–Crippen MR) is 121 cm³/mol. The van der Waals surface area contributed by atoms with Crippen LogP contribution in [0.2, 0.25) is 0 Å². The lowest BCUT2D eigenvalue weighted by molar-refractivity contribution is -0.228. The highest BCUT2D eigenvalue weighted by Gasteiger charge is 2.78. The van der Waals surface area contributed by atoms with Crippen molar-refractivity contribution in [3.05, 3.63) is 23.8 Å². The van der Waals surface area contributed by atoms with Gasteiger partial charge in [-0.25, -0.2) is 13.2 Å². The number of aliphatic hydroxyl groups is 1. The van der Waals surface area contributed by atoms with Crippen LogP contribution in [0.1, 0.15) is 53.4 Å². The van der Waals surface area contributed by atoms with Crippen LogP contribution >= 0.6 is 11.8 Å².